The standard InChI is InChI=1S/C15H13FN2O3/c16-12-6-2-5-11(13(12)17)14(19)18-8-9-3-1-4-10(7-9)15(20)21/h1-7H,8,17H2,(H,18,19)(H,20,21). The third-order valence-electron chi connectivity index (χ3n) is 2.92. The lowest BCUT2D eigenvalue weighted by Crippen LogP contribution is -2.24. The lowest BCUT2D eigenvalue weighted by Gasteiger charge is -2.08. The van der Waals surface area contributed by atoms with Crippen LogP contribution in [0, 0.1) is 5.82 Å². The van der Waals surface area contributed by atoms with E-state index in [9.17, 15) is 14.0 Å². The molecule has 0 unspecified atom stereocenters. The quantitative estimate of drug-likeness (QED) is 0.751. The van der Waals surface area contributed by atoms with Gasteiger partial charge in [-0.2, -0.15) is 0 Å². The number of carboxylic acids is 1. The minimum Gasteiger partial charge on any atom is -0.478 e. The number of hydrogen-bond donors (Lipinski definition) is 3. The Morgan fingerprint density at radius 1 is 1.19 bits per heavy atom. The number of rotatable bonds is 4. The summed E-state index contributed by atoms with van der Waals surface area (Å²) in [5, 5.41) is 11.5. The number of nitrogens with one attached hydrogen (secondary N) is 1. The molecular weight excluding hydrogens is 275 g/mol. The fourth-order valence-electron chi connectivity index (χ4n) is 1.83. The van der Waals surface area contributed by atoms with Crippen molar-refractivity contribution in [1.82, 2.24) is 5.32 Å². The largest absolute Gasteiger partial charge is 0.478 e. The molecule has 0 heterocycles. The van der Waals surface area contributed by atoms with E-state index in [0.29, 0.717) is 5.56 Å². The number of nitrogen functional groups attached to an aromatic ring is 1. The van der Waals surface area contributed by atoms with Crippen LogP contribution in [0.15, 0.2) is 42.5 Å². The highest BCUT2D eigenvalue weighted by Gasteiger charge is 2.12. The fraction of sp³-hybridized carbons (Fsp3) is 0.0667. The molecule has 0 saturated carbocycles. The highest BCUT2D eigenvalue weighted by Crippen LogP contribution is 2.15. The van der Waals surface area contributed by atoms with Gasteiger partial charge in [-0.05, 0) is 29.8 Å². The van der Waals surface area contributed by atoms with Gasteiger partial charge in [0, 0.05) is 6.54 Å². The molecule has 1 amide bonds. The van der Waals surface area contributed by atoms with Crippen LogP contribution in [0.2, 0.25) is 0 Å². The number of para-hydroxylation sites is 1. The highest BCUT2D eigenvalue weighted by molar-refractivity contribution is 5.99. The van der Waals surface area contributed by atoms with Crippen LogP contribution >= 0.6 is 0 Å². The minimum absolute atomic E-state index is 0.0457. The fourth-order valence-corrected chi connectivity index (χ4v) is 1.83. The van der Waals surface area contributed by atoms with Crippen molar-refractivity contribution in [2.75, 3.05) is 5.73 Å². The third kappa shape index (κ3) is 3.36. The second-order valence-corrected chi connectivity index (χ2v) is 4.39. The molecule has 0 aromatic heterocycles. The van der Waals surface area contributed by atoms with Crippen LogP contribution in [0.5, 0.6) is 0 Å². The van der Waals surface area contributed by atoms with E-state index in [1.165, 1.54) is 30.3 Å². The summed E-state index contributed by atoms with van der Waals surface area (Å²) >= 11 is 0. The maximum absolute atomic E-state index is 13.3. The normalized spacial score (nSPS) is 10.1. The predicted octanol–water partition coefficient (Wildman–Crippen LogP) is 2.04. The third-order valence-corrected chi connectivity index (χ3v) is 2.92. The van der Waals surface area contributed by atoms with E-state index in [1.54, 1.807) is 12.1 Å². The molecule has 0 fully saturated rings. The second kappa shape index (κ2) is 6.04. The first-order valence-electron chi connectivity index (χ1n) is 6.13. The summed E-state index contributed by atoms with van der Waals surface area (Å²) in [7, 11) is 0. The molecule has 0 atom stereocenters. The van der Waals surface area contributed by atoms with Gasteiger partial charge in [0.1, 0.15) is 5.82 Å². The number of carbonyl (C=O) groups excluding carboxylic acids is 1. The molecule has 2 rings (SSSR count). The Kier molecular flexibility index (Phi) is 4.18. The van der Waals surface area contributed by atoms with Crippen molar-refractivity contribution in [2.45, 2.75) is 6.54 Å². The van der Waals surface area contributed by atoms with Gasteiger partial charge in [0.05, 0.1) is 16.8 Å². The van der Waals surface area contributed by atoms with Gasteiger partial charge in [0.15, 0.2) is 0 Å². The minimum atomic E-state index is -1.04. The summed E-state index contributed by atoms with van der Waals surface area (Å²) in [6, 6.07) is 10.2. The molecule has 0 saturated heterocycles. The Morgan fingerprint density at radius 3 is 2.62 bits per heavy atom. The van der Waals surface area contributed by atoms with Crippen LogP contribution in [0.25, 0.3) is 0 Å². The van der Waals surface area contributed by atoms with E-state index < -0.39 is 17.7 Å². The van der Waals surface area contributed by atoms with Crippen molar-refractivity contribution in [2.24, 2.45) is 0 Å². The number of amides is 1. The van der Waals surface area contributed by atoms with E-state index in [4.69, 9.17) is 10.8 Å². The van der Waals surface area contributed by atoms with Crippen LogP contribution in [0.4, 0.5) is 10.1 Å². The van der Waals surface area contributed by atoms with Gasteiger partial charge in [0.2, 0.25) is 0 Å². The van der Waals surface area contributed by atoms with Crippen molar-refractivity contribution in [3.8, 4) is 0 Å². The monoisotopic (exact) mass is 288 g/mol. The molecule has 0 aliphatic carbocycles. The van der Waals surface area contributed by atoms with Crippen molar-refractivity contribution in [3.05, 3.63) is 65.0 Å². The molecule has 0 aliphatic heterocycles. The van der Waals surface area contributed by atoms with E-state index in [2.05, 4.69) is 5.32 Å². The van der Waals surface area contributed by atoms with Gasteiger partial charge >= 0.3 is 5.97 Å². The molecule has 6 heteroatoms. The number of carbonyl (C=O) groups is 2. The van der Waals surface area contributed by atoms with Gasteiger partial charge in [0.25, 0.3) is 5.91 Å². The Hall–Kier alpha value is -2.89. The number of benzene rings is 2. The number of anilines is 1. The SMILES string of the molecule is Nc1c(F)cccc1C(=O)NCc1cccc(C(=O)O)c1. The molecule has 5 nitrogen and oxygen atoms in total. The summed E-state index contributed by atoms with van der Waals surface area (Å²) in [5.41, 5.74) is 6.09. The zero-order valence-electron chi connectivity index (χ0n) is 11.0. The molecule has 0 aliphatic rings. The van der Waals surface area contributed by atoms with E-state index in [-0.39, 0.29) is 23.4 Å². The number of carboxylic acid groups (broad SMARTS) is 1. The van der Waals surface area contributed by atoms with E-state index >= 15 is 0 Å². The molecule has 0 bridgehead atoms. The molecule has 0 radical (unpaired) electrons. The Labute approximate surface area is 120 Å². The van der Waals surface area contributed by atoms with Gasteiger partial charge in [-0.3, -0.25) is 4.79 Å². The number of halogens is 1. The lowest BCUT2D eigenvalue weighted by molar-refractivity contribution is 0.0696. The molecular formula is C15H13FN2O3. The van der Waals surface area contributed by atoms with Gasteiger partial charge < -0.3 is 16.2 Å². The number of hydrogen-bond acceptors (Lipinski definition) is 3. The number of aromatic carboxylic acids is 1. The average molecular weight is 288 g/mol. The topological polar surface area (TPSA) is 92.4 Å². The molecule has 2 aromatic rings. The van der Waals surface area contributed by atoms with Crippen LogP contribution in [0.3, 0.4) is 0 Å². The Bertz CT molecular complexity index is 701. The van der Waals surface area contributed by atoms with Gasteiger partial charge in [-0.15, -0.1) is 0 Å². The smallest absolute Gasteiger partial charge is 0.335 e. The van der Waals surface area contributed by atoms with Crippen molar-refractivity contribution < 1.29 is 19.1 Å². The zero-order valence-corrected chi connectivity index (χ0v) is 11.0. The van der Waals surface area contributed by atoms with Crippen LogP contribution < -0.4 is 11.1 Å². The second-order valence-electron chi connectivity index (χ2n) is 4.39. The molecule has 0 spiro atoms. The van der Waals surface area contributed by atoms with Crippen molar-refractivity contribution in [3.63, 3.8) is 0 Å². The highest BCUT2D eigenvalue weighted by atomic mass is 19.1. The van der Waals surface area contributed by atoms with Crippen LogP contribution in [-0.4, -0.2) is 17.0 Å². The summed E-state index contributed by atoms with van der Waals surface area (Å²) < 4.78 is 13.3. The molecule has 4 N–H and O–H groups in total. The lowest BCUT2D eigenvalue weighted by atomic mass is 10.1. The first kappa shape index (κ1) is 14.5. The maximum Gasteiger partial charge on any atom is 0.335 e. The Balaban J connectivity index is 2.09. The first-order valence-corrected chi connectivity index (χ1v) is 6.13. The maximum atomic E-state index is 13.3. The summed E-state index contributed by atoms with van der Waals surface area (Å²) in [6.45, 7) is 0.121. The average Bonchev–Trinajstić information content (AvgIpc) is 2.48. The first-order chi connectivity index (χ1) is 9.99. The van der Waals surface area contributed by atoms with Gasteiger partial charge in [-0.25, -0.2) is 9.18 Å². The summed E-state index contributed by atoms with van der Waals surface area (Å²) in [4.78, 5) is 22.8. The van der Waals surface area contributed by atoms with Gasteiger partial charge in [-0.1, -0.05) is 18.2 Å². The van der Waals surface area contributed by atoms with E-state index in [0.717, 1.165) is 0 Å². The van der Waals surface area contributed by atoms with Crippen molar-refractivity contribution in [1.29, 1.82) is 0 Å². The summed E-state index contributed by atoms with van der Waals surface area (Å²) in [6.07, 6.45) is 0. The number of nitrogens with two attached hydrogens (primary N) is 1. The van der Waals surface area contributed by atoms with E-state index in [1.807, 2.05) is 0 Å². The predicted molar refractivity (Wildman–Crippen MR) is 75.4 cm³/mol. The Morgan fingerprint density at radius 2 is 1.90 bits per heavy atom. The van der Waals surface area contributed by atoms with Crippen molar-refractivity contribution >= 4 is 17.6 Å². The zero-order chi connectivity index (χ0) is 15.4. The molecule has 21 heavy (non-hydrogen) atoms. The molecule has 2 aromatic carbocycles. The molecule has 108 valence electrons. The van der Waals surface area contributed by atoms with Crippen LogP contribution in [-0.2, 0) is 6.54 Å². The van der Waals surface area contributed by atoms with Crippen LogP contribution in [0.1, 0.15) is 26.3 Å². The summed E-state index contributed by atoms with van der Waals surface area (Å²) in [5.74, 6) is -2.22.